The van der Waals surface area contributed by atoms with Crippen molar-refractivity contribution in [1.29, 1.82) is 0 Å². The molecule has 0 atom stereocenters. The minimum absolute atomic E-state index is 0.170. The summed E-state index contributed by atoms with van der Waals surface area (Å²) in [7, 11) is 1.86. The van der Waals surface area contributed by atoms with Crippen molar-refractivity contribution in [3.8, 4) is 0 Å². The first-order chi connectivity index (χ1) is 8.08. The second-order valence-corrected chi connectivity index (χ2v) is 4.37. The lowest BCUT2D eigenvalue weighted by atomic mass is 10.3. The molecule has 0 bridgehead atoms. The van der Waals surface area contributed by atoms with Gasteiger partial charge in [-0.05, 0) is 30.8 Å². The van der Waals surface area contributed by atoms with Gasteiger partial charge >= 0.3 is 5.97 Å². The normalized spacial score (nSPS) is 10.5. The van der Waals surface area contributed by atoms with E-state index in [4.69, 9.17) is 5.11 Å². The summed E-state index contributed by atoms with van der Waals surface area (Å²) in [6.45, 7) is 1.86. The Balaban J connectivity index is 2.19. The first kappa shape index (κ1) is 11.6. The van der Waals surface area contributed by atoms with Crippen LogP contribution in [0.5, 0.6) is 0 Å². The van der Waals surface area contributed by atoms with Crippen LogP contribution in [0, 0.1) is 6.92 Å². The number of aryl methyl sites for hydroxylation is 1. The molecule has 0 amide bonds. The number of nitrogens with zero attached hydrogens (tertiary/aromatic N) is 4. The molecule has 0 saturated heterocycles. The van der Waals surface area contributed by atoms with E-state index in [2.05, 4.69) is 15.2 Å². The van der Waals surface area contributed by atoms with E-state index in [-0.39, 0.29) is 5.56 Å². The Morgan fingerprint density at radius 1 is 1.41 bits per heavy atom. The summed E-state index contributed by atoms with van der Waals surface area (Å²) in [5, 5.41) is 18.1. The number of pyridine rings is 1. The summed E-state index contributed by atoms with van der Waals surface area (Å²) in [5.74, 6) is -0.168. The number of carboxylic acids is 1. The number of aromatic nitrogens is 4. The van der Waals surface area contributed by atoms with Gasteiger partial charge in [-0.3, -0.25) is 0 Å². The van der Waals surface area contributed by atoms with Gasteiger partial charge in [0.15, 0.2) is 5.16 Å². The third kappa shape index (κ3) is 2.44. The number of hydrogen-bond donors (Lipinski definition) is 1. The first-order valence-electron chi connectivity index (χ1n) is 4.81. The molecule has 6 nitrogen and oxygen atoms in total. The van der Waals surface area contributed by atoms with Gasteiger partial charge in [0.1, 0.15) is 10.9 Å². The molecular formula is C10H10N4O2S. The van der Waals surface area contributed by atoms with Crippen LogP contribution >= 0.6 is 11.8 Å². The zero-order chi connectivity index (χ0) is 12.4. The Kier molecular flexibility index (Phi) is 3.10. The van der Waals surface area contributed by atoms with Crippen LogP contribution in [0.15, 0.2) is 28.5 Å². The van der Waals surface area contributed by atoms with Gasteiger partial charge in [0, 0.05) is 13.2 Å². The van der Waals surface area contributed by atoms with E-state index in [1.807, 2.05) is 18.5 Å². The van der Waals surface area contributed by atoms with Gasteiger partial charge in [0.05, 0.1) is 5.56 Å². The molecule has 0 aliphatic heterocycles. The Bertz CT molecular complexity index is 550. The monoisotopic (exact) mass is 250 g/mol. The van der Waals surface area contributed by atoms with Gasteiger partial charge in [0.25, 0.3) is 0 Å². The molecule has 7 heteroatoms. The number of aromatic carboxylic acids is 1. The van der Waals surface area contributed by atoms with Gasteiger partial charge in [-0.25, -0.2) is 9.78 Å². The van der Waals surface area contributed by atoms with E-state index in [1.54, 1.807) is 6.07 Å². The SMILES string of the molecule is Cc1nnc(Sc2ccc(C(=O)O)cn2)n1C. The van der Waals surface area contributed by atoms with E-state index < -0.39 is 5.97 Å². The molecule has 0 unspecified atom stereocenters. The maximum absolute atomic E-state index is 10.7. The fourth-order valence-corrected chi connectivity index (χ4v) is 1.92. The molecule has 17 heavy (non-hydrogen) atoms. The molecule has 0 saturated carbocycles. The molecule has 0 radical (unpaired) electrons. The topological polar surface area (TPSA) is 80.9 Å². The summed E-state index contributed by atoms with van der Waals surface area (Å²) in [5.41, 5.74) is 0.170. The van der Waals surface area contributed by atoms with Crippen LogP contribution in [0.2, 0.25) is 0 Å². The number of carbonyl (C=O) groups is 1. The first-order valence-corrected chi connectivity index (χ1v) is 5.63. The largest absolute Gasteiger partial charge is 0.478 e. The molecule has 0 aliphatic rings. The summed E-state index contributed by atoms with van der Waals surface area (Å²) in [6.07, 6.45) is 1.33. The number of rotatable bonds is 3. The fourth-order valence-electron chi connectivity index (χ4n) is 1.14. The highest BCUT2D eigenvalue weighted by molar-refractivity contribution is 7.99. The smallest absolute Gasteiger partial charge is 0.337 e. The van der Waals surface area contributed by atoms with Crippen molar-refractivity contribution in [3.05, 3.63) is 29.7 Å². The van der Waals surface area contributed by atoms with Gasteiger partial charge in [-0.2, -0.15) is 0 Å². The molecular weight excluding hydrogens is 240 g/mol. The number of carboxylic acid groups (broad SMARTS) is 1. The van der Waals surface area contributed by atoms with Crippen LogP contribution in [0.1, 0.15) is 16.2 Å². The molecule has 2 aromatic heterocycles. The van der Waals surface area contributed by atoms with E-state index in [9.17, 15) is 4.79 Å². The predicted molar refractivity (Wildman–Crippen MR) is 61.1 cm³/mol. The van der Waals surface area contributed by atoms with Gasteiger partial charge < -0.3 is 9.67 Å². The maximum atomic E-state index is 10.7. The Hall–Kier alpha value is -1.89. The average Bonchev–Trinajstić information content (AvgIpc) is 2.62. The molecule has 0 fully saturated rings. The molecule has 0 aliphatic carbocycles. The van der Waals surface area contributed by atoms with Crippen LogP contribution in [-0.2, 0) is 7.05 Å². The third-order valence-corrected chi connectivity index (χ3v) is 3.22. The summed E-state index contributed by atoms with van der Waals surface area (Å²) >= 11 is 1.34. The lowest BCUT2D eigenvalue weighted by Gasteiger charge is -2.01. The van der Waals surface area contributed by atoms with Crippen molar-refractivity contribution in [2.24, 2.45) is 7.05 Å². The van der Waals surface area contributed by atoms with Crippen LogP contribution in [0.3, 0.4) is 0 Å². The molecule has 2 heterocycles. The van der Waals surface area contributed by atoms with Crippen molar-refractivity contribution in [3.63, 3.8) is 0 Å². The van der Waals surface area contributed by atoms with E-state index >= 15 is 0 Å². The van der Waals surface area contributed by atoms with E-state index in [1.165, 1.54) is 24.0 Å². The van der Waals surface area contributed by atoms with Gasteiger partial charge in [-0.1, -0.05) is 0 Å². The Morgan fingerprint density at radius 2 is 2.18 bits per heavy atom. The zero-order valence-corrected chi connectivity index (χ0v) is 10.1. The van der Waals surface area contributed by atoms with Gasteiger partial charge in [-0.15, -0.1) is 10.2 Å². The second-order valence-electron chi connectivity index (χ2n) is 3.38. The maximum Gasteiger partial charge on any atom is 0.337 e. The summed E-state index contributed by atoms with van der Waals surface area (Å²) in [4.78, 5) is 14.7. The third-order valence-electron chi connectivity index (χ3n) is 2.23. The molecule has 2 aromatic rings. The van der Waals surface area contributed by atoms with Crippen molar-refractivity contribution in [2.45, 2.75) is 17.1 Å². The van der Waals surface area contributed by atoms with Gasteiger partial charge in [0.2, 0.25) is 0 Å². The van der Waals surface area contributed by atoms with Crippen LogP contribution in [0.4, 0.5) is 0 Å². The lowest BCUT2D eigenvalue weighted by molar-refractivity contribution is 0.0696. The predicted octanol–water partition coefficient (Wildman–Crippen LogP) is 1.37. The van der Waals surface area contributed by atoms with Crippen molar-refractivity contribution in [1.82, 2.24) is 19.7 Å². The highest BCUT2D eigenvalue weighted by Crippen LogP contribution is 2.23. The minimum atomic E-state index is -0.983. The van der Waals surface area contributed by atoms with E-state index in [0.29, 0.717) is 5.03 Å². The molecule has 0 spiro atoms. The fraction of sp³-hybridized carbons (Fsp3) is 0.200. The highest BCUT2D eigenvalue weighted by atomic mass is 32.2. The van der Waals surface area contributed by atoms with E-state index in [0.717, 1.165) is 11.0 Å². The lowest BCUT2D eigenvalue weighted by Crippen LogP contribution is -1.97. The standard InChI is InChI=1S/C10H10N4O2S/c1-6-12-13-10(14(6)2)17-8-4-3-7(5-11-8)9(15)16/h3-5H,1-2H3,(H,15,16). The Morgan fingerprint density at radius 3 is 2.65 bits per heavy atom. The van der Waals surface area contributed by atoms with Crippen LogP contribution in [0.25, 0.3) is 0 Å². The molecule has 2 rings (SSSR count). The Labute approximate surface area is 102 Å². The quantitative estimate of drug-likeness (QED) is 0.886. The second kappa shape index (κ2) is 4.54. The highest BCUT2D eigenvalue weighted by Gasteiger charge is 2.09. The van der Waals surface area contributed by atoms with Crippen molar-refractivity contribution < 1.29 is 9.90 Å². The van der Waals surface area contributed by atoms with Crippen molar-refractivity contribution >= 4 is 17.7 Å². The zero-order valence-electron chi connectivity index (χ0n) is 9.28. The molecule has 1 N–H and O–H groups in total. The number of hydrogen-bond acceptors (Lipinski definition) is 5. The van der Waals surface area contributed by atoms with Crippen molar-refractivity contribution in [2.75, 3.05) is 0 Å². The summed E-state index contributed by atoms with van der Waals surface area (Å²) in [6, 6.07) is 3.17. The minimum Gasteiger partial charge on any atom is -0.478 e. The average molecular weight is 250 g/mol. The van der Waals surface area contributed by atoms with Crippen LogP contribution in [-0.4, -0.2) is 30.8 Å². The molecule has 0 aromatic carbocycles. The van der Waals surface area contributed by atoms with Crippen LogP contribution < -0.4 is 0 Å². The summed E-state index contributed by atoms with van der Waals surface area (Å²) < 4.78 is 1.84. The molecule has 88 valence electrons.